The average molecular weight is 307 g/mol. The number of nitrogens with zero attached hydrogens (tertiary/aromatic N) is 1. The molecule has 0 saturated heterocycles. The summed E-state index contributed by atoms with van der Waals surface area (Å²) < 4.78 is 10.7. The first kappa shape index (κ1) is 18.3. The molecule has 0 amide bonds. The van der Waals surface area contributed by atoms with Gasteiger partial charge in [0.2, 0.25) is 0 Å². The summed E-state index contributed by atoms with van der Waals surface area (Å²) in [6, 6.07) is 8.12. The molecule has 22 heavy (non-hydrogen) atoms. The van der Waals surface area contributed by atoms with Gasteiger partial charge in [0.15, 0.2) is 5.96 Å². The Kier molecular flexibility index (Phi) is 9.87. The molecule has 0 heterocycles. The van der Waals surface area contributed by atoms with E-state index in [4.69, 9.17) is 9.47 Å². The molecule has 1 aromatic rings. The highest BCUT2D eigenvalue weighted by atomic mass is 16.5. The van der Waals surface area contributed by atoms with Gasteiger partial charge in [0.05, 0.1) is 6.61 Å². The SMILES string of the molecule is CCCCNC(=NC)NCc1cccc(OCCCOC)c1. The minimum absolute atomic E-state index is 0.672. The first-order valence-electron chi connectivity index (χ1n) is 7.95. The van der Waals surface area contributed by atoms with Gasteiger partial charge in [0.1, 0.15) is 5.75 Å². The van der Waals surface area contributed by atoms with Crippen LogP contribution in [0.3, 0.4) is 0 Å². The summed E-state index contributed by atoms with van der Waals surface area (Å²) in [6.07, 6.45) is 3.21. The normalized spacial score (nSPS) is 11.3. The maximum Gasteiger partial charge on any atom is 0.191 e. The Morgan fingerprint density at radius 3 is 2.77 bits per heavy atom. The zero-order valence-corrected chi connectivity index (χ0v) is 14.0. The van der Waals surface area contributed by atoms with Crippen LogP contribution < -0.4 is 15.4 Å². The largest absolute Gasteiger partial charge is 0.493 e. The topological polar surface area (TPSA) is 54.9 Å². The highest BCUT2D eigenvalue weighted by molar-refractivity contribution is 5.79. The lowest BCUT2D eigenvalue weighted by Crippen LogP contribution is -2.37. The molecule has 5 nitrogen and oxygen atoms in total. The minimum Gasteiger partial charge on any atom is -0.493 e. The Morgan fingerprint density at radius 1 is 1.18 bits per heavy atom. The summed E-state index contributed by atoms with van der Waals surface area (Å²) in [5.74, 6) is 1.73. The maximum absolute atomic E-state index is 5.71. The number of rotatable bonds is 10. The lowest BCUT2D eigenvalue weighted by atomic mass is 10.2. The van der Waals surface area contributed by atoms with Crippen molar-refractivity contribution in [3.05, 3.63) is 29.8 Å². The van der Waals surface area contributed by atoms with Gasteiger partial charge in [-0.15, -0.1) is 0 Å². The van der Waals surface area contributed by atoms with Gasteiger partial charge >= 0.3 is 0 Å². The van der Waals surface area contributed by atoms with Crippen molar-refractivity contribution < 1.29 is 9.47 Å². The molecule has 0 saturated carbocycles. The Balaban J connectivity index is 2.38. The molecule has 0 aliphatic heterocycles. The molecule has 124 valence electrons. The van der Waals surface area contributed by atoms with E-state index >= 15 is 0 Å². The molecule has 0 unspecified atom stereocenters. The van der Waals surface area contributed by atoms with Crippen molar-refractivity contribution in [1.29, 1.82) is 0 Å². The van der Waals surface area contributed by atoms with Gasteiger partial charge in [-0.1, -0.05) is 25.5 Å². The van der Waals surface area contributed by atoms with Gasteiger partial charge < -0.3 is 20.1 Å². The molecule has 0 spiro atoms. The number of benzene rings is 1. The Bertz CT molecular complexity index is 436. The Labute approximate surface area is 134 Å². The monoisotopic (exact) mass is 307 g/mol. The standard InChI is InChI=1S/C17H29N3O2/c1-4-5-10-19-17(18-2)20-14-15-8-6-9-16(13-15)22-12-7-11-21-3/h6,8-9,13H,4-5,7,10-12,14H2,1-3H3,(H2,18,19,20). The quantitative estimate of drug-likeness (QED) is 0.396. The van der Waals surface area contributed by atoms with E-state index in [1.165, 1.54) is 12.0 Å². The van der Waals surface area contributed by atoms with Crippen molar-refractivity contribution in [3.63, 3.8) is 0 Å². The molecule has 0 aromatic heterocycles. The van der Waals surface area contributed by atoms with Crippen molar-refractivity contribution in [2.75, 3.05) is 33.9 Å². The van der Waals surface area contributed by atoms with Crippen LogP contribution in [0.5, 0.6) is 5.75 Å². The maximum atomic E-state index is 5.71. The van der Waals surface area contributed by atoms with Crippen LogP contribution in [0.25, 0.3) is 0 Å². The fourth-order valence-electron chi connectivity index (χ4n) is 1.93. The van der Waals surface area contributed by atoms with E-state index in [0.29, 0.717) is 6.61 Å². The summed E-state index contributed by atoms with van der Waals surface area (Å²) in [6.45, 7) is 5.24. The van der Waals surface area contributed by atoms with Gasteiger partial charge in [-0.2, -0.15) is 0 Å². The summed E-state index contributed by atoms with van der Waals surface area (Å²) in [4.78, 5) is 4.22. The van der Waals surface area contributed by atoms with Crippen molar-refractivity contribution in [2.45, 2.75) is 32.7 Å². The zero-order chi connectivity index (χ0) is 16.0. The van der Waals surface area contributed by atoms with Gasteiger partial charge in [0.25, 0.3) is 0 Å². The van der Waals surface area contributed by atoms with E-state index in [2.05, 4.69) is 34.7 Å². The number of unbranched alkanes of at least 4 members (excludes halogenated alkanes) is 1. The third-order valence-electron chi connectivity index (χ3n) is 3.17. The molecular formula is C17H29N3O2. The smallest absolute Gasteiger partial charge is 0.191 e. The van der Waals surface area contributed by atoms with Crippen LogP contribution in [0.1, 0.15) is 31.7 Å². The van der Waals surface area contributed by atoms with Crippen molar-refractivity contribution in [2.24, 2.45) is 4.99 Å². The molecule has 0 bridgehead atoms. The second-order valence-electron chi connectivity index (χ2n) is 5.05. The molecule has 1 rings (SSSR count). The highest BCUT2D eigenvalue weighted by Gasteiger charge is 2.00. The molecule has 0 radical (unpaired) electrons. The second-order valence-corrected chi connectivity index (χ2v) is 5.05. The Hall–Kier alpha value is -1.75. The van der Waals surface area contributed by atoms with E-state index in [-0.39, 0.29) is 0 Å². The molecule has 0 fully saturated rings. The van der Waals surface area contributed by atoms with Gasteiger partial charge in [-0.25, -0.2) is 0 Å². The molecule has 5 heteroatoms. The number of guanidine groups is 1. The molecule has 1 aromatic carbocycles. The molecular weight excluding hydrogens is 278 g/mol. The molecule has 0 aliphatic carbocycles. The number of methoxy groups -OCH3 is 1. The third-order valence-corrected chi connectivity index (χ3v) is 3.17. The first-order chi connectivity index (χ1) is 10.8. The number of aliphatic imine (C=N–C) groups is 1. The van der Waals surface area contributed by atoms with Gasteiger partial charge in [-0.05, 0) is 24.1 Å². The zero-order valence-electron chi connectivity index (χ0n) is 14.0. The van der Waals surface area contributed by atoms with Crippen molar-refractivity contribution >= 4 is 5.96 Å². The summed E-state index contributed by atoms with van der Waals surface area (Å²) >= 11 is 0. The Morgan fingerprint density at radius 2 is 2.05 bits per heavy atom. The van der Waals surface area contributed by atoms with Crippen LogP contribution in [0.4, 0.5) is 0 Å². The summed E-state index contributed by atoms with van der Waals surface area (Å²) in [7, 11) is 3.49. The molecule has 0 aliphatic rings. The van der Waals surface area contributed by atoms with Crippen LogP contribution in [0.2, 0.25) is 0 Å². The number of hydrogen-bond acceptors (Lipinski definition) is 3. The van der Waals surface area contributed by atoms with Crippen LogP contribution in [0, 0.1) is 0 Å². The van der Waals surface area contributed by atoms with E-state index in [1.54, 1.807) is 14.2 Å². The fraction of sp³-hybridized carbons (Fsp3) is 0.588. The lowest BCUT2D eigenvalue weighted by molar-refractivity contribution is 0.172. The number of hydrogen-bond donors (Lipinski definition) is 2. The average Bonchev–Trinajstić information content (AvgIpc) is 2.55. The van der Waals surface area contributed by atoms with E-state index in [1.807, 2.05) is 12.1 Å². The van der Waals surface area contributed by atoms with Crippen LogP contribution in [-0.2, 0) is 11.3 Å². The predicted molar refractivity (Wildman–Crippen MR) is 91.5 cm³/mol. The number of ether oxygens (including phenoxy) is 2. The lowest BCUT2D eigenvalue weighted by Gasteiger charge is -2.12. The summed E-state index contributed by atoms with van der Waals surface area (Å²) in [5, 5.41) is 6.61. The third kappa shape index (κ3) is 7.88. The second kappa shape index (κ2) is 11.9. The predicted octanol–water partition coefficient (Wildman–Crippen LogP) is 2.57. The molecule has 0 atom stereocenters. The number of nitrogens with one attached hydrogen (secondary N) is 2. The van der Waals surface area contributed by atoms with Crippen LogP contribution in [-0.4, -0.2) is 39.9 Å². The van der Waals surface area contributed by atoms with E-state index in [0.717, 1.165) is 44.2 Å². The van der Waals surface area contributed by atoms with Crippen LogP contribution in [0.15, 0.2) is 29.3 Å². The van der Waals surface area contributed by atoms with E-state index < -0.39 is 0 Å². The minimum atomic E-state index is 0.672. The van der Waals surface area contributed by atoms with Crippen LogP contribution >= 0.6 is 0 Å². The van der Waals surface area contributed by atoms with Crippen molar-refractivity contribution in [3.8, 4) is 5.75 Å². The summed E-state index contributed by atoms with van der Waals surface area (Å²) in [5.41, 5.74) is 1.17. The van der Waals surface area contributed by atoms with Gasteiger partial charge in [0, 0.05) is 40.3 Å². The highest BCUT2D eigenvalue weighted by Crippen LogP contribution is 2.13. The van der Waals surface area contributed by atoms with E-state index in [9.17, 15) is 0 Å². The molecule has 2 N–H and O–H groups in total. The van der Waals surface area contributed by atoms with Crippen molar-refractivity contribution in [1.82, 2.24) is 10.6 Å². The first-order valence-corrected chi connectivity index (χ1v) is 7.95. The van der Waals surface area contributed by atoms with Gasteiger partial charge in [-0.3, -0.25) is 4.99 Å². The fourth-order valence-corrected chi connectivity index (χ4v) is 1.93.